The minimum atomic E-state index is -0.412. The monoisotopic (exact) mass is 487 g/mol. The molecule has 1 N–H and O–H groups in total. The first-order valence-electron chi connectivity index (χ1n) is 8.19. The lowest BCUT2D eigenvalue weighted by atomic mass is 10.2. The standard InChI is InChI=1S/C19H13Cl4N3O2S/c1-2-7-26-18(28)10-5-3-4-6-13(10)24-19(26)29-9-14(27)25-17-15(22)11(20)8-12(21)16(17)23/h2-6,8H,1,7,9H2,(H,25,27). The lowest BCUT2D eigenvalue weighted by Crippen LogP contribution is -2.23. The zero-order valence-electron chi connectivity index (χ0n) is 14.7. The number of hydrogen-bond acceptors (Lipinski definition) is 4. The third-order valence-corrected chi connectivity index (χ3v) is 6.40. The SMILES string of the molecule is C=CCn1c(SCC(=O)Nc2c(Cl)c(Cl)cc(Cl)c2Cl)nc2ccccc2c1=O. The number of rotatable bonds is 6. The number of carbonyl (C=O) groups excluding carboxylic acids is 1. The molecule has 0 fully saturated rings. The fourth-order valence-corrected chi connectivity index (χ4v) is 4.25. The van der Waals surface area contributed by atoms with Gasteiger partial charge in [-0.25, -0.2) is 4.98 Å². The van der Waals surface area contributed by atoms with E-state index in [0.717, 1.165) is 11.8 Å². The molecule has 1 amide bonds. The molecule has 0 atom stereocenters. The van der Waals surface area contributed by atoms with Crippen molar-refractivity contribution >= 4 is 80.7 Å². The summed E-state index contributed by atoms with van der Waals surface area (Å²) in [4.78, 5) is 29.7. The molecule has 10 heteroatoms. The molecule has 3 rings (SSSR count). The van der Waals surface area contributed by atoms with E-state index in [1.165, 1.54) is 10.6 Å². The summed E-state index contributed by atoms with van der Waals surface area (Å²) < 4.78 is 1.46. The van der Waals surface area contributed by atoms with Crippen molar-refractivity contribution in [2.24, 2.45) is 0 Å². The van der Waals surface area contributed by atoms with Crippen LogP contribution >= 0.6 is 58.2 Å². The first kappa shape index (κ1) is 22.0. The van der Waals surface area contributed by atoms with Gasteiger partial charge in [-0.2, -0.15) is 0 Å². The molecule has 1 heterocycles. The summed E-state index contributed by atoms with van der Waals surface area (Å²) in [6.45, 7) is 3.94. The van der Waals surface area contributed by atoms with E-state index in [0.29, 0.717) is 16.1 Å². The summed E-state index contributed by atoms with van der Waals surface area (Å²) in [5.74, 6) is -0.455. The minimum Gasteiger partial charge on any atom is -0.323 e. The number of allylic oxidation sites excluding steroid dienone is 1. The van der Waals surface area contributed by atoms with Crippen molar-refractivity contribution in [3.8, 4) is 0 Å². The molecule has 150 valence electrons. The van der Waals surface area contributed by atoms with E-state index in [2.05, 4.69) is 16.9 Å². The Morgan fingerprint density at radius 1 is 1.17 bits per heavy atom. The van der Waals surface area contributed by atoms with Crippen molar-refractivity contribution in [2.45, 2.75) is 11.7 Å². The molecule has 0 spiro atoms. The van der Waals surface area contributed by atoms with Gasteiger partial charge in [0.2, 0.25) is 5.91 Å². The molecule has 3 aromatic rings. The Balaban J connectivity index is 1.86. The maximum Gasteiger partial charge on any atom is 0.262 e. The highest BCUT2D eigenvalue weighted by Gasteiger charge is 2.17. The molecule has 0 aliphatic carbocycles. The molecule has 1 aromatic heterocycles. The third kappa shape index (κ3) is 4.73. The number of halogens is 4. The van der Waals surface area contributed by atoms with Crippen LogP contribution in [0.3, 0.4) is 0 Å². The summed E-state index contributed by atoms with van der Waals surface area (Å²) >= 11 is 25.3. The maximum absolute atomic E-state index is 12.7. The molecule has 0 aliphatic heterocycles. The number of carbonyl (C=O) groups is 1. The molecule has 0 aliphatic rings. The number of amides is 1. The van der Waals surface area contributed by atoms with Crippen LogP contribution < -0.4 is 10.9 Å². The largest absolute Gasteiger partial charge is 0.323 e. The van der Waals surface area contributed by atoms with Gasteiger partial charge < -0.3 is 5.32 Å². The van der Waals surface area contributed by atoms with Crippen LogP contribution in [0, 0.1) is 0 Å². The first-order chi connectivity index (χ1) is 13.8. The van der Waals surface area contributed by atoms with Gasteiger partial charge in [-0.05, 0) is 18.2 Å². The Morgan fingerprint density at radius 2 is 1.83 bits per heavy atom. The Kier molecular flexibility index (Phi) is 7.14. The second-order valence-corrected chi connectivity index (χ2v) is 8.31. The van der Waals surface area contributed by atoms with Crippen LogP contribution in [0.4, 0.5) is 5.69 Å². The van der Waals surface area contributed by atoms with Crippen molar-refractivity contribution in [1.29, 1.82) is 0 Å². The number of nitrogens with one attached hydrogen (secondary N) is 1. The molecule has 0 bridgehead atoms. The summed E-state index contributed by atoms with van der Waals surface area (Å²) in [6.07, 6.45) is 1.59. The van der Waals surface area contributed by atoms with Gasteiger partial charge in [0.15, 0.2) is 5.16 Å². The Labute approximate surface area is 190 Å². The van der Waals surface area contributed by atoms with Gasteiger partial charge >= 0.3 is 0 Å². The summed E-state index contributed by atoms with van der Waals surface area (Å²) in [5, 5.41) is 4.01. The maximum atomic E-state index is 12.7. The number of fused-ring (bicyclic) bond motifs is 1. The minimum absolute atomic E-state index is 0.0429. The third-order valence-electron chi connectivity index (χ3n) is 3.85. The van der Waals surface area contributed by atoms with Crippen LogP contribution in [-0.4, -0.2) is 21.2 Å². The van der Waals surface area contributed by atoms with Gasteiger partial charge in [-0.1, -0.05) is 76.4 Å². The van der Waals surface area contributed by atoms with E-state index in [1.807, 2.05) is 0 Å². The number of thioether (sulfide) groups is 1. The van der Waals surface area contributed by atoms with Crippen molar-refractivity contribution in [3.05, 3.63) is 73.4 Å². The zero-order valence-corrected chi connectivity index (χ0v) is 18.6. The molecule has 0 unspecified atom stereocenters. The van der Waals surface area contributed by atoms with Gasteiger partial charge in [-0.15, -0.1) is 6.58 Å². The van der Waals surface area contributed by atoms with Crippen molar-refractivity contribution < 1.29 is 4.79 Å². The van der Waals surface area contributed by atoms with Crippen molar-refractivity contribution in [3.63, 3.8) is 0 Å². The van der Waals surface area contributed by atoms with Gasteiger partial charge in [0.25, 0.3) is 5.56 Å². The number of hydrogen-bond donors (Lipinski definition) is 1. The second-order valence-electron chi connectivity index (χ2n) is 5.80. The summed E-state index contributed by atoms with van der Waals surface area (Å²) in [7, 11) is 0. The van der Waals surface area contributed by atoms with Crippen LogP contribution in [-0.2, 0) is 11.3 Å². The van der Waals surface area contributed by atoms with Gasteiger partial charge in [0, 0.05) is 6.54 Å². The first-order valence-corrected chi connectivity index (χ1v) is 10.7. The van der Waals surface area contributed by atoms with E-state index in [4.69, 9.17) is 46.4 Å². The Morgan fingerprint density at radius 3 is 2.48 bits per heavy atom. The van der Waals surface area contributed by atoms with Gasteiger partial charge in [-0.3, -0.25) is 14.2 Å². The lowest BCUT2D eigenvalue weighted by Gasteiger charge is -2.13. The summed E-state index contributed by atoms with van der Waals surface area (Å²) in [5.41, 5.74) is 0.478. The highest BCUT2D eigenvalue weighted by atomic mass is 35.5. The molecular weight excluding hydrogens is 476 g/mol. The highest BCUT2D eigenvalue weighted by molar-refractivity contribution is 7.99. The summed E-state index contributed by atoms with van der Waals surface area (Å²) in [6, 6.07) is 8.41. The Hall–Kier alpha value is -1.70. The normalized spacial score (nSPS) is 10.9. The molecular formula is C19H13Cl4N3O2S. The van der Waals surface area contributed by atoms with Gasteiger partial charge in [0.1, 0.15) is 0 Å². The fraction of sp³-hybridized carbons (Fsp3) is 0.105. The van der Waals surface area contributed by atoms with E-state index < -0.39 is 5.91 Å². The van der Waals surface area contributed by atoms with Crippen LogP contribution in [0.1, 0.15) is 0 Å². The number of para-hydroxylation sites is 1. The average Bonchev–Trinajstić information content (AvgIpc) is 2.70. The number of anilines is 1. The predicted octanol–water partition coefficient (Wildman–Crippen LogP) is 5.93. The van der Waals surface area contributed by atoms with Crippen molar-refractivity contribution in [1.82, 2.24) is 9.55 Å². The molecule has 0 saturated heterocycles. The molecule has 0 saturated carbocycles. The van der Waals surface area contributed by atoms with Gasteiger partial charge in [0.05, 0.1) is 42.4 Å². The number of aromatic nitrogens is 2. The smallest absolute Gasteiger partial charge is 0.262 e. The molecule has 5 nitrogen and oxygen atoms in total. The zero-order chi connectivity index (χ0) is 21.1. The van der Waals surface area contributed by atoms with E-state index >= 15 is 0 Å². The molecule has 0 radical (unpaired) electrons. The lowest BCUT2D eigenvalue weighted by molar-refractivity contribution is -0.113. The number of benzene rings is 2. The molecule has 2 aromatic carbocycles. The van der Waals surface area contributed by atoms with Crippen LogP contribution in [0.15, 0.2) is 52.9 Å². The van der Waals surface area contributed by atoms with E-state index in [9.17, 15) is 9.59 Å². The second kappa shape index (κ2) is 9.41. The Bertz CT molecular complexity index is 1150. The van der Waals surface area contributed by atoms with E-state index in [1.54, 1.807) is 30.3 Å². The van der Waals surface area contributed by atoms with Crippen LogP contribution in [0.5, 0.6) is 0 Å². The molecule has 29 heavy (non-hydrogen) atoms. The van der Waals surface area contributed by atoms with Crippen LogP contribution in [0.25, 0.3) is 10.9 Å². The quantitative estimate of drug-likeness (QED) is 0.202. The predicted molar refractivity (Wildman–Crippen MR) is 122 cm³/mol. The number of nitrogens with zero attached hydrogens (tertiary/aromatic N) is 2. The average molecular weight is 489 g/mol. The van der Waals surface area contributed by atoms with E-state index in [-0.39, 0.29) is 43.6 Å². The van der Waals surface area contributed by atoms with Crippen molar-refractivity contribution in [2.75, 3.05) is 11.1 Å². The highest BCUT2D eigenvalue weighted by Crippen LogP contribution is 2.41. The topological polar surface area (TPSA) is 64.0 Å². The van der Waals surface area contributed by atoms with Crippen LogP contribution in [0.2, 0.25) is 20.1 Å². The fourth-order valence-electron chi connectivity index (χ4n) is 2.54.